The highest BCUT2D eigenvalue weighted by molar-refractivity contribution is 5.65. The molecule has 0 aliphatic rings. The van der Waals surface area contributed by atoms with E-state index < -0.39 is 5.97 Å². The number of rotatable bonds is 6. The molecule has 0 unspecified atom stereocenters. The maximum absolute atomic E-state index is 9.81. The van der Waals surface area contributed by atoms with Crippen molar-refractivity contribution < 1.29 is 29.5 Å². The Morgan fingerprint density at radius 3 is 2.07 bits per heavy atom. The fourth-order valence-corrected chi connectivity index (χ4v) is 0.333. The van der Waals surface area contributed by atoms with Crippen LogP contribution in [0.4, 0.5) is 0 Å². The van der Waals surface area contributed by atoms with E-state index in [0.717, 1.165) is 6.26 Å². The molecule has 0 heterocycles. The minimum atomic E-state index is -0.486. The summed E-state index contributed by atoms with van der Waals surface area (Å²) in [7, 11) is 0. The molecular formula is C8H16O6. The standard InChI is InChI=1S/C4H6O3.C4H10O3/c1-3-6-7-4(2)5;5-1-3-7-4-2-6/h3H,1H2,2H3;5-6H,1-4H2. The van der Waals surface area contributed by atoms with Gasteiger partial charge in [-0.05, 0) is 0 Å². The number of carbonyl (C=O) groups excluding carboxylic acids is 1. The Morgan fingerprint density at radius 1 is 1.36 bits per heavy atom. The predicted octanol–water partition coefficient (Wildman–Crippen LogP) is -0.388. The second-order valence-corrected chi connectivity index (χ2v) is 1.90. The third-order valence-corrected chi connectivity index (χ3v) is 0.705. The van der Waals surface area contributed by atoms with Gasteiger partial charge >= 0.3 is 5.97 Å². The zero-order valence-electron chi connectivity index (χ0n) is 8.14. The molecule has 0 amide bonds. The zero-order chi connectivity index (χ0) is 11.2. The molecule has 6 heteroatoms. The largest absolute Gasteiger partial charge is 0.394 e. The Morgan fingerprint density at radius 2 is 1.86 bits per heavy atom. The Kier molecular flexibility index (Phi) is 15.8. The molecule has 2 N–H and O–H groups in total. The molecule has 0 atom stereocenters. The van der Waals surface area contributed by atoms with Gasteiger partial charge in [0.05, 0.1) is 26.4 Å². The van der Waals surface area contributed by atoms with E-state index in [4.69, 9.17) is 10.2 Å². The molecule has 0 radical (unpaired) electrons. The summed E-state index contributed by atoms with van der Waals surface area (Å²) >= 11 is 0. The highest BCUT2D eigenvalue weighted by atomic mass is 17.2. The molecule has 0 fully saturated rings. The van der Waals surface area contributed by atoms with Gasteiger partial charge in [0.2, 0.25) is 0 Å². The van der Waals surface area contributed by atoms with Crippen molar-refractivity contribution in [3.63, 3.8) is 0 Å². The summed E-state index contributed by atoms with van der Waals surface area (Å²) in [6.07, 6.45) is 1.03. The van der Waals surface area contributed by atoms with E-state index in [2.05, 4.69) is 21.1 Å². The summed E-state index contributed by atoms with van der Waals surface area (Å²) in [6, 6.07) is 0. The molecule has 14 heavy (non-hydrogen) atoms. The number of hydrogen-bond acceptors (Lipinski definition) is 6. The first kappa shape index (κ1) is 15.4. The van der Waals surface area contributed by atoms with Gasteiger partial charge < -0.3 is 14.9 Å². The maximum atomic E-state index is 9.81. The lowest BCUT2D eigenvalue weighted by molar-refractivity contribution is -0.235. The van der Waals surface area contributed by atoms with E-state index in [-0.39, 0.29) is 13.2 Å². The van der Waals surface area contributed by atoms with Gasteiger partial charge in [-0.15, -0.1) is 0 Å². The Hall–Kier alpha value is -1.11. The smallest absolute Gasteiger partial charge is 0.352 e. The summed E-state index contributed by atoms with van der Waals surface area (Å²) in [5.41, 5.74) is 0. The molecule has 0 aliphatic heterocycles. The SMILES string of the molecule is C=COOC(C)=O.OCCOCCO. The van der Waals surface area contributed by atoms with Gasteiger partial charge in [-0.3, -0.25) is 9.78 Å². The van der Waals surface area contributed by atoms with Crippen LogP contribution in [-0.2, 0) is 19.3 Å². The molecular weight excluding hydrogens is 192 g/mol. The summed E-state index contributed by atoms with van der Waals surface area (Å²) in [5, 5.41) is 16.2. The minimum absolute atomic E-state index is 0.0278. The van der Waals surface area contributed by atoms with Crippen LogP contribution < -0.4 is 0 Å². The van der Waals surface area contributed by atoms with Crippen LogP contribution in [-0.4, -0.2) is 42.6 Å². The first-order chi connectivity index (χ1) is 6.68. The number of aliphatic hydroxyl groups excluding tert-OH is 2. The van der Waals surface area contributed by atoms with Crippen molar-refractivity contribution in [3.8, 4) is 0 Å². The van der Waals surface area contributed by atoms with Crippen LogP contribution in [0.3, 0.4) is 0 Å². The summed E-state index contributed by atoms with van der Waals surface area (Å²) in [6.45, 7) is 5.07. The molecule has 0 bridgehead atoms. The van der Waals surface area contributed by atoms with Crippen molar-refractivity contribution in [1.29, 1.82) is 0 Å². The van der Waals surface area contributed by atoms with E-state index in [1.165, 1.54) is 6.92 Å². The van der Waals surface area contributed by atoms with Crippen LogP contribution in [0.5, 0.6) is 0 Å². The molecule has 0 rings (SSSR count). The lowest BCUT2D eigenvalue weighted by atomic mass is 10.7. The maximum Gasteiger partial charge on any atom is 0.352 e. The van der Waals surface area contributed by atoms with E-state index >= 15 is 0 Å². The van der Waals surface area contributed by atoms with Crippen molar-refractivity contribution in [2.45, 2.75) is 6.92 Å². The molecule has 0 spiro atoms. The topological polar surface area (TPSA) is 85.2 Å². The Balaban J connectivity index is 0. The fraction of sp³-hybridized carbons (Fsp3) is 0.625. The lowest BCUT2D eigenvalue weighted by Crippen LogP contribution is -2.03. The third-order valence-electron chi connectivity index (χ3n) is 0.705. The van der Waals surface area contributed by atoms with Crippen molar-refractivity contribution in [1.82, 2.24) is 0 Å². The minimum Gasteiger partial charge on any atom is -0.394 e. The molecule has 6 nitrogen and oxygen atoms in total. The third kappa shape index (κ3) is 22.4. The average Bonchev–Trinajstić information content (AvgIpc) is 2.16. The van der Waals surface area contributed by atoms with Crippen LogP contribution in [0, 0.1) is 0 Å². The van der Waals surface area contributed by atoms with Gasteiger partial charge in [-0.2, -0.15) is 0 Å². The molecule has 0 aromatic carbocycles. The van der Waals surface area contributed by atoms with Crippen LogP contribution in [0.15, 0.2) is 12.8 Å². The lowest BCUT2D eigenvalue weighted by Gasteiger charge is -1.94. The van der Waals surface area contributed by atoms with Crippen LogP contribution in [0.2, 0.25) is 0 Å². The van der Waals surface area contributed by atoms with Gasteiger partial charge in [0, 0.05) is 6.92 Å². The second kappa shape index (κ2) is 14.4. The molecule has 0 saturated heterocycles. The molecule has 0 saturated carbocycles. The normalized spacial score (nSPS) is 8.21. The summed E-state index contributed by atoms with van der Waals surface area (Å²) in [4.78, 5) is 17.8. The predicted molar refractivity (Wildman–Crippen MR) is 48.0 cm³/mol. The quantitative estimate of drug-likeness (QED) is 0.268. The second-order valence-electron chi connectivity index (χ2n) is 1.90. The first-order valence-electron chi connectivity index (χ1n) is 3.93. The molecule has 0 aromatic rings. The van der Waals surface area contributed by atoms with E-state index in [1.54, 1.807) is 0 Å². The van der Waals surface area contributed by atoms with Crippen LogP contribution >= 0.6 is 0 Å². The van der Waals surface area contributed by atoms with Gasteiger partial charge in [0.25, 0.3) is 0 Å². The Bertz CT molecular complexity index is 132. The van der Waals surface area contributed by atoms with E-state index in [0.29, 0.717) is 13.2 Å². The fourth-order valence-electron chi connectivity index (χ4n) is 0.333. The van der Waals surface area contributed by atoms with Crippen molar-refractivity contribution in [3.05, 3.63) is 12.8 Å². The van der Waals surface area contributed by atoms with Crippen LogP contribution in [0.1, 0.15) is 6.92 Å². The van der Waals surface area contributed by atoms with Gasteiger partial charge in [-0.25, -0.2) is 4.79 Å². The zero-order valence-corrected chi connectivity index (χ0v) is 8.14. The number of aliphatic hydroxyl groups is 2. The van der Waals surface area contributed by atoms with E-state index in [1.807, 2.05) is 0 Å². The highest BCUT2D eigenvalue weighted by Gasteiger charge is 1.85. The Labute approximate surface area is 82.6 Å². The first-order valence-corrected chi connectivity index (χ1v) is 3.93. The van der Waals surface area contributed by atoms with Crippen LogP contribution in [0.25, 0.3) is 0 Å². The van der Waals surface area contributed by atoms with Gasteiger partial charge in [-0.1, -0.05) is 6.58 Å². The number of hydrogen-bond donors (Lipinski definition) is 2. The summed E-state index contributed by atoms with van der Waals surface area (Å²) < 4.78 is 4.63. The van der Waals surface area contributed by atoms with Gasteiger partial charge in [0.1, 0.15) is 6.26 Å². The molecule has 84 valence electrons. The molecule has 0 aliphatic carbocycles. The van der Waals surface area contributed by atoms with E-state index in [9.17, 15) is 4.79 Å². The highest BCUT2D eigenvalue weighted by Crippen LogP contribution is 1.76. The average molecular weight is 208 g/mol. The molecule has 0 aromatic heterocycles. The monoisotopic (exact) mass is 208 g/mol. The van der Waals surface area contributed by atoms with Crippen molar-refractivity contribution in [2.75, 3.05) is 26.4 Å². The van der Waals surface area contributed by atoms with Crippen molar-refractivity contribution in [2.24, 2.45) is 0 Å². The van der Waals surface area contributed by atoms with Gasteiger partial charge in [0.15, 0.2) is 0 Å². The number of ether oxygens (including phenoxy) is 1. The van der Waals surface area contributed by atoms with Crippen molar-refractivity contribution >= 4 is 5.97 Å². The number of carbonyl (C=O) groups is 1. The summed E-state index contributed by atoms with van der Waals surface area (Å²) in [5.74, 6) is -0.486.